The normalized spacial score (nSPS) is 10.7. The van der Waals surface area contributed by atoms with Crippen LogP contribution in [-0.4, -0.2) is 35.0 Å². The van der Waals surface area contributed by atoms with Gasteiger partial charge in [0.05, 0.1) is 16.2 Å². The van der Waals surface area contributed by atoms with Gasteiger partial charge in [-0.3, -0.25) is 4.79 Å². The van der Waals surface area contributed by atoms with Crippen LogP contribution in [-0.2, 0) is 14.8 Å². The Hall–Kier alpha value is -4.98. The van der Waals surface area contributed by atoms with Crippen LogP contribution in [0.5, 0.6) is 0 Å². The van der Waals surface area contributed by atoms with Gasteiger partial charge in [-0.2, -0.15) is 10.5 Å². The number of nitrogens with zero attached hydrogens (tertiary/aromatic N) is 5. The van der Waals surface area contributed by atoms with E-state index >= 15 is 0 Å². The van der Waals surface area contributed by atoms with E-state index < -0.39 is 15.9 Å². The molecular formula is C26H20N8O3S2. The molecule has 4 N–H and O–H groups in total. The van der Waals surface area contributed by atoms with Gasteiger partial charge in [0.15, 0.2) is 0 Å². The number of benzene rings is 2. The van der Waals surface area contributed by atoms with Gasteiger partial charge in [-0.1, -0.05) is 41.6 Å². The maximum atomic E-state index is 12.6. The number of aromatic nitrogens is 3. The lowest BCUT2D eigenvalue weighted by Gasteiger charge is -2.13. The van der Waals surface area contributed by atoms with Crippen molar-refractivity contribution in [1.82, 2.24) is 15.0 Å². The van der Waals surface area contributed by atoms with Crippen LogP contribution in [0.4, 0.5) is 17.5 Å². The lowest BCUT2D eigenvalue weighted by Crippen LogP contribution is -2.16. The smallest absolute Gasteiger partial charge is 0.264 e. The highest BCUT2D eigenvalue weighted by molar-refractivity contribution is 8.00. The molecule has 0 saturated carbocycles. The average Bonchev–Trinajstić information content (AvgIpc) is 2.92. The van der Waals surface area contributed by atoms with Gasteiger partial charge in [-0.15, -0.1) is 0 Å². The third kappa shape index (κ3) is 6.30. The van der Waals surface area contributed by atoms with Gasteiger partial charge in [0.25, 0.3) is 10.0 Å². The van der Waals surface area contributed by atoms with Crippen LogP contribution in [0.1, 0.15) is 16.7 Å². The Kier molecular flexibility index (Phi) is 8.05. The monoisotopic (exact) mass is 556 g/mol. The number of pyridine rings is 1. The first-order valence-corrected chi connectivity index (χ1v) is 13.7. The van der Waals surface area contributed by atoms with E-state index in [1.165, 1.54) is 36.7 Å². The maximum absolute atomic E-state index is 12.6. The second-order valence-corrected chi connectivity index (χ2v) is 10.7. The number of nitrogens with one attached hydrogen (secondary N) is 2. The van der Waals surface area contributed by atoms with Crippen molar-refractivity contribution in [3.8, 4) is 23.3 Å². The van der Waals surface area contributed by atoms with Crippen molar-refractivity contribution < 1.29 is 13.2 Å². The van der Waals surface area contributed by atoms with Crippen molar-refractivity contribution in [3.63, 3.8) is 0 Å². The molecule has 0 unspecified atom stereocenters. The number of anilines is 3. The first-order valence-electron chi connectivity index (χ1n) is 11.2. The van der Waals surface area contributed by atoms with Crippen LogP contribution in [0.3, 0.4) is 0 Å². The van der Waals surface area contributed by atoms with E-state index in [2.05, 4.69) is 31.1 Å². The van der Waals surface area contributed by atoms with Gasteiger partial charge in [0.1, 0.15) is 28.5 Å². The van der Waals surface area contributed by atoms with Crippen LogP contribution in [0.15, 0.2) is 76.9 Å². The van der Waals surface area contributed by atoms with Crippen LogP contribution in [0.2, 0.25) is 0 Å². The number of sulfonamides is 1. The van der Waals surface area contributed by atoms with Crippen LogP contribution < -0.4 is 15.8 Å². The summed E-state index contributed by atoms with van der Waals surface area (Å²) in [5.74, 6) is -0.641. The quantitative estimate of drug-likeness (QED) is 0.270. The van der Waals surface area contributed by atoms with E-state index in [4.69, 9.17) is 5.73 Å². The number of nitriles is 2. The molecule has 0 aliphatic rings. The van der Waals surface area contributed by atoms with Gasteiger partial charge < -0.3 is 11.1 Å². The number of carbonyl (C=O) groups excluding carboxylic acids is 1. The zero-order valence-electron chi connectivity index (χ0n) is 20.4. The molecule has 194 valence electrons. The first-order chi connectivity index (χ1) is 18.7. The van der Waals surface area contributed by atoms with Gasteiger partial charge in [0, 0.05) is 23.6 Å². The van der Waals surface area contributed by atoms with Crippen LogP contribution in [0, 0.1) is 29.6 Å². The molecule has 39 heavy (non-hydrogen) atoms. The van der Waals surface area contributed by atoms with E-state index in [9.17, 15) is 23.7 Å². The molecule has 4 aromatic rings. The summed E-state index contributed by atoms with van der Waals surface area (Å²) in [5, 5.41) is 22.4. The SMILES string of the molecule is Cc1ccc(-c2c(C#N)c(N)nc(SCC(=O)Nc3ccc(S(=O)(=O)Nc4ncccn4)cc3)c2C#N)cc1. The Morgan fingerprint density at radius 1 is 1.00 bits per heavy atom. The lowest BCUT2D eigenvalue weighted by molar-refractivity contribution is -0.113. The molecule has 0 atom stereocenters. The van der Waals surface area contributed by atoms with E-state index in [-0.39, 0.29) is 38.6 Å². The van der Waals surface area contributed by atoms with Crippen molar-refractivity contribution in [2.24, 2.45) is 0 Å². The molecule has 0 spiro atoms. The molecule has 0 bridgehead atoms. The van der Waals surface area contributed by atoms with Crippen molar-refractivity contribution >= 4 is 45.1 Å². The summed E-state index contributed by atoms with van der Waals surface area (Å²) in [6.45, 7) is 1.92. The third-order valence-electron chi connectivity index (χ3n) is 5.34. The van der Waals surface area contributed by atoms with Crippen LogP contribution in [0.25, 0.3) is 11.1 Å². The molecule has 0 aliphatic heterocycles. The van der Waals surface area contributed by atoms with Crippen molar-refractivity contribution in [2.45, 2.75) is 16.8 Å². The minimum atomic E-state index is -3.92. The zero-order chi connectivity index (χ0) is 28.0. The summed E-state index contributed by atoms with van der Waals surface area (Å²) < 4.78 is 27.3. The number of carbonyl (C=O) groups is 1. The molecule has 2 heterocycles. The zero-order valence-corrected chi connectivity index (χ0v) is 22.0. The molecule has 0 aliphatic carbocycles. The fraction of sp³-hybridized carbons (Fsp3) is 0.0769. The molecule has 0 radical (unpaired) electrons. The predicted octanol–water partition coefficient (Wildman–Crippen LogP) is 3.70. The Labute approximate surface area is 228 Å². The number of amides is 1. The second-order valence-electron chi connectivity index (χ2n) is 8.06. The van der Waals surface area contributed by atoms with Gasteiger partial charge in [-0.25, -0.2) is 28.1 Å². The van der Waals surface area contributed by atoms with E-state index in [1.54, 1.807) is 18.2 Å². The second kappa shape index (κ2) is 11.6. The summed E-state index contributed by atoms with van der Waals surface area (Å²) in [6, 6.07) is 18.5. The first kappa shape index (κ1) is 27.1. The van der Waals surface area contributed by atoms with E-state index in [0.29, 0.717) is 16.8 Å². The van der Waals surface area contributed by atoms with Crippen molar-refractivity contribution in [2.75, 3.05) is 21.5 Å². The molecule has 11 nitrogen and oxygen atoms in total. The number of rotatable bonds is 8. The van der Waals surface area contributed by atoms with Gasteiger partial charge >= 0.3 is 0 Å². The van der Waals surface area contributed by atoms with E-state index in [0.717, 1.165) is 17.3 Å². The average molecular weight is 557 g/mol. The largest absolute Gasteiger partial charge is 0.383 e. The van der Waals surface area contributed by atoms with Crippen molar-refractivity contribution in [3.05, 3.63) is 83.7 Å². The Morgan fingerprint density at radius 2 is 1.64 bits per heavy atom. The lowest BCUT2D eigenvalue weighted by atomic mass is 9.96. The minimum absolute atomic E-state index is 0.0399. The third-order valence-corrected chi connectivity index (χ3v) is 7.66. The van der Waals surface area contributed by atoms with Crippen LogP contribution >= 0.6 is 11.8 Å². The molecule has 1 amide bonds. The molecule has 0 fully saturated rings. The number of aryl methyl sites for hydroxylation is 1. The van der Waals surface area contributed by atoms with E-state index in [1.807, 2.05) is 25.1 Å². The van der Waals surface area contributed by atoms with Crippen molar-refractivity contribution in [1.29, 1.82) is 10.5 Å². The molecule has 13 heteroatoms. The topological polar surface area (TPSA) is 188 Å². The summed E-state index contributed by atoms with van der Waals surface area (Å²) in [5.41, 5.74) is 8.64. The Morgan fingerprint density at radius 3 is 2.26 bits per heavy atom. The Bertz CT molecular complexity index is 1710. The highest BCUT2D eigenvalue weighted by atomic mass is 32.2. The summed E-state index contributed by atoms with van der Waals surface area (Å²) in [4.78, 5) is 24.5. The number of nitrogen functional groups attached to an aromatic ring is 1. The molecule has 2 aromatic heterocycles. The molecular weight excluding hydrogens is 536 g/mol. The summed E-state index contributed by atoms with van der Waals surface area (Å²) in [6.07, 6.45) is 2.82. The predicted molar refractivity (Wildman–Crippen MR) is 147 cm³/mol. The molecule has 4 rings (SSSR count). The van der Waals surface area contributed by atoms with Gasteiger partial charge in [-0.05, 0) is 42.8 Å². The Balaban J connectivity index is 1.48. The van der Waals surface area contributed by atoms with Gasteiger partial charge in [0.2, 0.25) is 11.9 Å². The highest BCUT2D eigenvalue weighted by Gasteiger charge is 2.21. The maximum Gasteiger partial charge on any atom is 0.264 e. The number of thioether (sulfide) groups is 1. The molecule has 2 aromatic carbocycles. The minimum Gasteiger partial charge on any atom is -0.383 e. The molecule has 0 saturated heterocycles. The fourth-order valence-electron chi connectivity index (χ4n) is 3.49. The highest BCUT2D eigenvalue weighted by Crippen LogP contribution is 2.35. The standard InChI is InChI=1S/C26H20N8O3S2/c1-16-3-5-17(6-4-16)23-20(13-27)24(29)33-25(21(23)14-28)38-15-22(35)32-18-7-9-19(10-8-18)39(36,37)34-26-30-11-2-12-31-26/h2-12H,15H2,1H3,(H2,29,33)(H,32,35)(H,30,31,34). The number of hydrogen-bond donors (Lipinski definition) is 3. The summed E-state index contributed by atoms with van der Waals surface area (Å²) >= 11 is 0.998. The number of hydrogen-bond acceptors (Lipinski definition) is 10. The number of nitrogens with two attached hydrogens (primary N) is 1. The summed E-state index contributed by atoms with van der Waals surface area (Å²) in [7, 11) is -3.92. The fourth-order valence-corrected chi connectivity index (χ4v) is 5.24.